The third-order valence-electron chi connectivity index (χ3n) is 5.55. The summed E-state index contributed by atoms with van der Waals surface area (Å²) in [5, 5.41) is 0.482. The molecule has 1 saturated heterocycles. The number of nitrogens with zero attached hydrogens (tertiary/aromatic N) is 2. The summed E-state index contributed by atoms with van der Waals surface area (Å²) in [5.41, 5.74) is 4.03. The first-order valence-electron chi connectivity index (χ1n) is 10.1. The Kier molecular flexibility index (Phi) is 5.43. The number of benzene rings is 2. The maximum atomic E-state index is 13.7. The number of imide groups is 1. The fraction of sp³-hybridized carbons (Fsp3) is 0.333. The Labute approximate surface area is 181 Å². The monoisotopic (exact) mass is 424 g/mol. The van der Waals surface area contributed by atoms with Gasteiger partial charge in [-0.3, -0.25) is 9.59 Å². The molecule has 5 nitrogen and oxygen atoms in total. The molecule has 0 N–H and O–H groups in total. The van der Waals surface area contributed by atoms with E-state index in [1.165, 1.54) is 4.90 Å². The van der Waals surface area contributed by atoms with Crippen molar-refractivity contribution in [3.63, 3.8) is 0 Å². The van der Waals surface area contributed by atoms with Crippen molar-refractivity contribution in [3.8, 4) is 0 Å². The summed E-state index contributed by atoms with van der Waals surface area (Å²) in [6.07, 6.45) is -0.0734. The number of anilines is 1. The van der Waals surface area contributed by atoms with Crippen LogP contribution < -0.4 is 4.90 Å². The van der Waals surface area contributed by atoms with Crippen LogP contribution in [0, 0.1) is 13.8 Å². The lowest BCUT2D eigenvalue weighted by molar-refractivity contribution is -0.121. The van der Waals surface area contributed by atoms with Gasteiger partial charge in [0, 0.05) is 18.1 Å². The Morgan fingerprint density at radius 3 is 2.20 bits per heavy atom. The minimum Gasteiger partial charge on any atom is -0.372 e. The van der Waals surface area contributed by atoms with Crippen LogP contribution >= 0.6 is 11.6 Å². The van der Waals surface area contributed by atoms with E-state index in [2.05, 4.69) is 0 Å². The predicted octanol–water partition coefficient (Wildman–Crippen LogP) is 4.35. The van der Waals surface area contributed by atoms with Crippen LogP contribution in [0.2, 0.25) is 5.02 Å². The van der Waals surface area contributed by atoms with Crippen LogP contribution in [-0.4, -0.2) is 42.0 Å². The highest BCUT2D eigenvalue weighted by Gasteiger charge is 2.44. The van der Waals surface area contributed by atoms with Gasteiger partial charge in [-0.15, -0.1) is 0 Å². The average Bonchev–Trinajstić information content (AvgIpc) is 2.94. The second-order valence-electron chi connectivity index (χ2n) is 8.13. The molecule has 2 aromatic rings. The molecule has 156 valence electrons. The summed E-state index contributed by atoms with van der Waals surface area (Å²) in [6.45, 7) is 8.93. The van der Waals surface area contributed by atoms with Gasteiger partial charge >= 0.3 is 0 Å². The van der Waals surface area contributed by atoms with Gasteiger partial charge in [-0.2, -0.15) is 0 Å². The van der Waals surface area contributed by atoms with Crippen LogP contribution in [-0.2, 0) is 14.3 Å². The maximum Gasteiger partial charge on any atom is 0.282 e. The van der Waals surface area contributed by atoms with Crippen molar-refractivity contribution < 1.29 is 14.3 Å². The normalized spacial score (nSPS) is 22.3. The quantitative estimate of drug-likeness (QED) is 0.687. The van der Waals surface area contributed by atoms with Gasteiger partial charge in [-0.05, 0) is 51.0 Å². The molecule has 1 fully saturated rings. The van der Waals surface area contributed by atoms with Crippen LogP contribution in [0.1, 0.15) is 30.5 Å². The molecule has 4 rings (SSSR count). The summed E-state index contributed by atoms with van der Waals surface area (Å²) in [6, 6.07) is 13.0. The van der Waals surface area contributed by atoms with E-state index in [0.717, 1.165) is 16.7 Å². The topological polar surface area (TPSA) is 49.9 Å². The van der Waals surface area contributed by atoms with E-state index < -0.39 is 0 Å². The molecule has 0 radical (unpaired) electrons. The summed E-state index contributed by atoms with van der Waals surface area (Å²) >= 11 is 6.19. The largest absolute Gasteiger partial charge is 0.372 e. The molecule has 0 aliphatic carbocycles. The van der Waals surface area contributed by atoms with E-state index in [0.29, 0.717) is 35.1 Å². The van der Waals surface area contributed by atoms with Gasteiger partial charge in [0.2, 0.25) is 0 Å². The Bertz CT molecular complexity index is 1030. The molecule has 2 heterocycles. The first-order chi connectivity index (χ1) is 14.3. The molecule has 2 amide bonds. The van der Waals surface area contributed by atoms with E-state index >= 15 is 0 Å². The number of halogens is 1. The van der Waals surface area contributed by atoms with Crippen molar-refractivity contribution in [2.75, 3.05) is 18.0 Å². The second kappa shape index (κ2) is 7.89. The van der Waals surface area contributed by atoms with Gasteiger partial charge < -0.3 is 9.64 Å². The molecule has 6 heteroatoms. The lowest BCUT2D eigenvalue weighted by atomic mass is 10.0. The van der Waals surface area contributed by atoms with E-state index in [9.17, 15) is 9.59 Å². The zero-order valence-electron chi connectivity index (χ0n) is 17.6. The van der Waals surface area contributed by atoms with Gasteiger partial charge in [0.1, 0.15) is 5.70 Å². The fourth-order valence-corrected chi connectivity index (χ4v) is 4.36. The molecule has 2 unspecified atom stereocenters. The summed E-state index contributed by atoms with van der Waals surface area (Å²) in [4.78, 5) is 30.5. The Morgan fingerprint density at radius 1 is 0.933 bits per heavy atom. The number of amides is 2. The molecular formula is C24H25ClN2O3. The number of carbonyl (C=O) groups excluding carboxylic acids is 2. The van der Waals surface area contributed by atoms with Crippen LogP contribution in [0.5, 0.6) is 0 Å². The van der Waals surface area contributed by atoms with Crippen molar-refractivity contribution >= 4 is 34.7 Å². The van der Waals surface area contributed by atoms with Gasteiger partial charge in [0.25, 0.3) is 11.8 Å². The smallest absolute Gasteiger partial charge is 0.282 e. The number of ether oxygens (including phenoxy) is 1. The molecule has 0 aromatic heterocycles. The Balaban J connectivity index is 1.86. The van der Waals surface area contributed by atoms with Crippen LogP contribution in [0.25, 0.3) is 5.57 Å². The summed E-state index contributed by atoms with van der Waals surface area (Å²) < 4.78 is 5.85. The molecule has 2 aliphatic rings. The van der Waals surface area contributed by atoms with Gasteiger partial charge in [-0.25, -0.2) is 4.90 Å². The maximum absolute atomic E-state index is 13.7. The van der Waals surface area contributed by atoms with Crippen LogP contribution in [0.4, 0.5) is 5.69 Å². The van der Waals surface area contributed by atoms with Crippen LogP contribution in [0.15, 0.2) is 48.2 Å². The Morgan fingerprint density at radius 2 is 1.57 bits per heavy atom. The van der Waals surface area contributed by atoms with Crippen LogP contribution in [0.3, 0.4) is 0 Å². The fourth-order valence-electron chi connectivity index (χ4n) is 4.19. The lowest BCUT2D eigenvalue weighted by Gasteiger charge is -2.37. The standard InChI is InChI=1S/C24H25ClN2O3/c1-14-5-8-18(9-6-14)21-22(26-12-16(3)30-17(4)13-26)24(29)27(23(21)28)20-11-19(25)10-7-15(20)2/h5-11,16-17H,12-13H2,1-4H3. The minimum absolute atomic E-state index is 0.0367. The summed E-state index contributed by atoms with van der Waals surface area (Å²) in [5.74, 6) is -0.641. The molecule has 0 saturated carbocycles. The van der Waals surface area contributed by atoms with E-state index in [4.69, 9.17) is 16.3 Å². The third kappa shape index (κ3) is 3.64. The van der Waals surface area contributed by atoms with Gasteiger partial charge in [0.15, 0.2) is 0 Å². The first-order valence-corrected chi connectivity index (χ1v) is 10.5. The molecule has 2 aromatic carbocycles. The SMILES string of the molecule is Cc1ccc(C2=C(N3CC(C)OC(C)C3)C(=O)N(c3cc(Cl)ccc3C)C2=O)cc1. The second-order valence-corrected chi connectivity index (χ2v) is 8.56. The average molecular weight is 425 g/mol. The molecule has 0 bridgehead atoms. The molecule has 0 spiro atoms. The van der Waals surface area contributed by atoms with Gasteiger partial charge in [-0.1, -0.05) is 47.5 Å². The number of morpholine rings is 1. The molecule has 30 heavy (non-hydrogen) atoms. The van der Waals surface area contributed by atoms with E-state index in [1.807, 2.05) is 62.9 Å². The van der Waals surface area contributed by atoms with Crippen molar-refractivity contribution in [1.82, 2.24) is 4.90 Å². The third-order valence-corrected chi connectivity index (χ3v) is 5.78. The molecule has 2 atom stereocenters. The minimum atomic E-state index is -0.323. The number of hydrogen-bond donors (Lipinski definition) is 0. The lowest BCUT2D eigenvalue weighted by Crippen LogP contribution is -2.47. The summed E-state index contributed by atoms with van der Waals surface area (Å²) in [7, 11) is 0. The van der Waals surface area contributed by atoms with Crippen molar-refractivity contribution in [2.24, 2.45) is 0 Å². The van der Waals surface area contributed by atoms with Crippen molar-refractivity contribution in [1.29, 1.82) is 0 Å². The van der Waals surface area contributed by atoms with E-state index in [-0.39, 0.29) is 24.0 Å². The molecule has 2 aliphatic heterocycles. The zero-order valence-corrected chi connectivity index (χ0v) is 18.4. The first kappa shape index (κ1) is 20.6. The highest BCUT2D eigenvalue weighted by Crippen LogP contribution is 2.37. The number of rotatable bonds is 3. The predicted molar refractivity (Wildman–Crippen MR) is 118 cm³/mol. The highest BCUT2D eigenvalue weighted by atomic mass is 35.5. The van der Waals surface area contributed by atoms with E-state index in [1.54, 1.807) is 12.1 Å². The number of aryl methyl sites for hydroxylation is 2. The van der Waals surface area contributed by atoms with Gasteiger partial charge in [0.05, 0.1) is 23.5 Å². The Hall–Kier alpha value is -2.63. The van der Waals surface area contributed by atoms with Crippen molar-refractivity contribution in [3.05, 3.63) is 69.9 Å². The van der Waals surface area contributed by atoms with Crippen molar-refractivity contribution in [2.45, 2.75) is 39.9 Å². The zero-order chi connectivity index (χ0) is 21.6. The highest BCUT2D eigenvalue weighted by molar-refractivity contribution is 6.45. The molecular weight excluding hydrogens is 400 g/mol. The number of carbonyl (C=O) groups is 2. The number of hydrogen-bond acceptors (Lipinski definition) is 4.